The second-order valence-corrected chi connectivity index (χ2v) is 6.95. The van der Waals surface area contributed by atoms with Crippen LogP contribution in [0.25, 0.3) is 10.9 Å². The third kappa shape index (κ3) is 1.78. The highest BCUT2D eigenvalue weighted by Gasteiger charge is 2.51. The summed E-state index contributed by atoms with van der Waals surface area (Å²) >= 11 is 0. The molecule has 0 spiro atoms. The van der Waals surface area contributed by atoms with Crippen LogP contribution in [0.2, 0.25) is 0 Å². The van der Waals surface area contributed by atoms with E-state index in [0.717, 1.165) is 30.5 Å². The van der Waals surface area contributed by atoms with Gasteiger partial charge < -0.3 is 14.5 Å². The lowest BCUT2D eigenvalue weighted by atomic mass is 9.80. The molecule has 120 valence electrons. The molecule has 4 aliphatic heterocycles. The molecule has 0 aliphatic carbocycles. The minimum Gasteiger partial charge on any atom is -0.496 e. The van der Waals surface area contributed by atoms with Crippen molar-refractivity contribution in [3.05, 3.63) is 23.9 Å². The van der Waals surface area contributed by atoms with Crippen molar-refractivity contribution < 1.29 is 9.53 Å². The van der Waals surface area contributed by atoms with E-state index < -0.39 is 0 Å². The maximum absolute atomic E-state index is 13.2. The largest absolute Gasteiger partial charge is 0.496 e. The fraction of sp³-hybridized carbons (Fsp3) is 0.529. The standard InChI is InChI=1S/C17H20N4O2/c1-23-14-4-2-3-12-15(14)16(19-18-12)17(22)21-8-10-7-20-6-5-11(10)13(21)9-20/h2-4,10-11,13H,5-9H2,1H3,(H,18,19)/t10-,11-,13-/m0/s1. The molecule has 1 amide bonds. The number of rotatable bonds is 2. The van der Waals surface area contributed by atoms with Crippen molar-refractivity contribution in [2.75, 3.05) is 33.3 Å². The second kappa shape index (κ2) is 4.71. The number of benzene rings is 1. The summed E-state index contributed by atoms with van der Waals surface area (Å²) in [6.07, 6.45) is 1.23. The Bertz CT molecular complexity index is 786. The van der Waals surface area contributed by atoms with Gasteiger partial charge in [-0.25, -0.2) is 0 Å². The number of fused-ring (bicyclic) bond motifs is 2. The minimum absolute atomic E-state index is 0.0435. The van der Waals surface area contributed by atoms with Gasteiger partial charge in [-0.05, 0) is 36.9 Å². The molecule has 4 aliphatic rings. The molecular weight excluding hydrogens is 292 g/mol. The molecule has 0 radical (unpaired) electrons. The van der Waals surface area contributed by atoms with Crippen LogP contribution in [0.3, 0.4) is 0 Å². The lowest BCUT2D eigenvalue weighted by molar-refractivity contribution is 0.0420. The molecular formula is C17H20N4O2. The quantitative estimate of drug-likeness (QED) is 0.909. The molecule has 0 saturated carbocycles. The molecule has 23 heavy (non-hydrogen) atoms. The van der Waals surface area contributed by atoms with Gasteiger partial charge in [0.05, 0.1) is 18.0 Å². The summed E-state index contributed by atoms with van der Waals surface area (Å²) in [6, 6.07) is 6.07. The SMILES string of the molecule is COc1cccc2[nH]nc(C(=O)N3C[C@@H]4CN5CC[C@@H]4[C@@H]3C5)c12. The fourth-order valence-electron chi connectivity index (χ4n) is 4.84. The first-order chi connectivity index (χ1) is 11.3. The van der Waals surface area contributed by atoms with Gasteiger partial charge in [0, 0.05) is 25.7 Å². The zero-order chi connectivity index (χ0) is 15.6. The van der Waals surface area contributed by atoms with Gasteiger partial charge in [-0.2, -0.15) is 5.10 Å². The molecule has 4 saturated heterocycles. The number of nitrogens with one attached hydrogen (secondary N) is 1. The van der Waals surface area contributed by atoms with Crippen molar-refractivity contribution in [1.29, 1.82) is 0 Å². The van der Waals surface area contributed by atoms with Crippen LogP contribution in [0.1, 0.15) is 16.9 Å². The number of carbonyl (C=O) groups is 1. The number of hydrogen-bond acceptors (Lipinski definition) is 4. The second-order valence-electron chi connectivity index (χ2n) is 6.95. The molecule has 1 unspecified atom stereocenters. The first-order valence-corrected chi connectivity index (χ1v) is 8.30. The van der Waals surface area contributed by atoms with E-state index >= 15 is 0 Å². The molecule has 4 bridgehead atoms. The summed E-state index contributed by atoms with van der Waals surface area (Å²) in [5, 5.41) is 8.09. The number of carbonyl (C=O) groups excluding carboxylic acids is 1. The van der Waals surface area contributed by atoms with Crippen LogP contribution in [-0.2, 0) is 0 Å². The van der Waals surface area contributed by atoms with Gasteiger partial charge in [0.25, 0.3) is 5.91 Å². The van der Waals surface area contributed by atoms with Crippen LogP contribution >= 0.6 is 0 Å². The molecule has 1 aromatic carbocycles. The number of amides is 1. The molecule has 4 atom stereocenters. The predicted octanol–water partition coefficient (Wildman–Crippen LogP) is 1.35. The lowest BCUT2D eigenvalue weighted by Gasteiger charge is -2.44. The Kier molecular flexibility index (Phi) is 2.74. The summed E-state index contributed by atoms with van der Waals surface area (Å²) in [5.41, 5.74) is 1.34. The Morgan fingerprint density at radius 2 is 2.26 bits per heavy atom. The Balaban J connectivity index is 1.54. The van der Waals surface area contributed by atoms with E-state index in [2.05, 4.69) is 20.0 Å². The van der Waals surface area contributed by atoms with Gasteiger partial charge in [0.15, 0.2) is 5.69 Å². The molecule has 1 aromatic heterocycles. The van der Waals surface area contributed by atoms with Crippen LogP contribution in [0, 0.1) is 11.8 Å². The smallest absolute Gasteiger partial charge is 0.275 e. The van der Waals surface area contributed by atoms with Gasteiger partial charge in [0.1, 0.15) is 5.75 Å². The number of aromatic amines is 1. The van der Waals surface area contributed by atoms with Crippen LogP contribution in [0.15, 0.2) is 18.2 Å². The molecule has 6 rings (SSSR count). The third-order valence-corrected chi connectivity index (χ3v) is 5.88. The molecule has 6 nitrogen and oxygen atoms in total. The molecule has 2 aromatic rings. The van der Waals surface area contributed by atoms with E-state index in [1.165, 1.54) is 13.0 Å². The van der Waals surface area contributed by atoms with Crippen LogP contribution < -0.4 is 4.74 Å². The van der Waals surface area contributed by atoms with Crippen LogP contribution in [0.5, 0.6) is 5.75 Å². The number of ether oxygens (including phenoxy) is 1. The topological polar surface area (TPSA) is 61.5 Å². The van der Waals surface area contributed by atoms with E-state index in [9.17, 15) is 4.79 Å². The minimum atomic E-state index is 0.0435. The van der Waals surface area contributed by atoms with Gasteiger partial charge in [0.2, 0.25) is 0 Å². The van der Waals surface area contributed by atoms with Crippen molar-refractivity contribution in [2.24, 2.45) is 11.8 Å². The van der Waals surface area contributed by atoms with E-state index in [4.69, 9.17) is 4.74 Å². The highest BCUT2D eigenvalue weighted by Crippen LogP contribution is 2.42. The Morgan fingerprint density at radius 3 is 3.04 bits per heavy atom. The number of likely N-dealkylation sites (tertiary alicyclic amines) is 1. The van der Waals surface area contributed by atoms with Gasteiger partial charge in [-0.1, -0.05) is 6.07 Å². The summed E-state index contributed by atoms with van der Waals surface area (Å²) in [6.45, 7) is 4.23. The van der Waals surface area contributed by atoms with E-state index in [-0.39, 0.29) is 5.91 Å². The van der Waals surface area contributed by atoms with Gasteiger partial charge >= 0.3 is 0 Å². The van der Waals surface area contributed by atoms with Crippen molar-refractivity contribution >= 4 is 16.8 Å². The van der Waals surface area contributed by atoms with Gasteiger partial charge in [-0.15, -0.1) is 0 Å². The first-order valence-electron chi connectivity index (χ1n) is 8.30. The molecule has 1 N–H and O–H groups in total. The Morgan fingerprint density at radius 1 is 1.35 bits per heavy atom. The Hall–Kier alpha value is -2.08. The highest BCUT2D eigenvalue weighted by atomic mass is 16.5. The molecule has 4 fully saturated rings. The zero-order valence-corrected chi connectivity index (χ0v) is 13.2. The highest BCUT2D eigenvalue weighted by molar-refractivity contribution is 6.07. The van der Waals surface area contributed by atoms with Crippen molar-refractivity contribution in [1.82, 2.24) is 20.0 Å². The number of methoxy groups -OCH3 is 1. The monoisotopic (exact) mass is 312 g/mol. The number of nitrogens with zero attached hydrogens (tertiary/aromatic N) is 3. The fourth-order valence-corrected chi connectivity index (χ4v) is 4.84. The summed E-state index contributed by atoms with van der Waals surface area (Å²) in [5.74, 6) is 2.06. The maximum atomic E-state index is 13.2. The molecule has 6 heteroatoms. The third-order valence-electron chi connectivity index (χ3n) is 5.88. The maximum Gasteiger partial charge on any atom is 0.275 e. The summed E-state index contributed by atoms with van der Waals surface area (Å²) in [7, 11) is 1.63. The van der Waals surface area contributed by atoms with E-state index in [1.807, 2.05) is 18.2 Å². The van der Waals surface area contributed by atoms with E-state index in [0.29, 0.717) is 29.3 Å². The zero-order valence-electron chi connectivity index (χ0n) is 13.2. The number of hydrogen-bond donors (Lipinski definition) is 1. The van der Waals surface area contributed by atoms with Crippen LogP contribution in [-0.4, -0.2) is 65.2 Å². The normalized spacial score (nSPS) is 31.8. The lowest BCUT2D eigenvalue weighted by Crippen LogP contribution is -2.54. The number of piperidine rings is 3. The average Bonchev–Trinajstić information content (AvgIpc) is 3.13. The average molecular weight is 312 g/mol. The molecule has 5 heterocycles. The number of aromatic nitrogens is 2. The summed E-state index contributed by atoms with van der Waals surface area (Å²) < 4.78 is 5.44. The van der Waals surface area contributed by atoms with Crippen molar-refractivity contribution in [3.8, 4) is 5.75 Å². The van der Waals surface area contributed by atoms with E-state index in [1.54, 1.807) is 7.11 Å². The Labute approximate surface area is 134 Å². The van der Waals surface area contributed by atoms with Crippen LogP contribution in [0.4, 0.5) is 0 Å². The number of H-pyrrole nitrogens is 1. The van der Waals surface area contributed by atoms with Crippen molar-refractivity contribution in [3.63, 3.8) is 0 Å². The first kappa shape index (κ1) is 13.4. The predicted molar refractivity (Wildman–Crippen MR) is 85.5 cm³/mol. The van der Waals surface area contributed by atoms with Crippen molar-refractivity contribution in [2.45, 2.75) is 12.5 Å². The van der Waals surface area contributed by atoms with Gasteiger partial charge in [-0.3, -0.25) is 9.89 Å². The summed E-state index contributed by atoms with van der Waals surface area (Å²) in [4.78, 5) is 17.8.